The molecular formula is C26H23Br2N3O3. The van der Waals surface area contributed by atoms with E-state index in [0.29, 0.717) is 17.9 Å². The third kappa shape index (κ3) is 7.40. The van der Waals surface area contributed by atoms with E-state index in [0.717, 1.165) is 20.1 Å². The van der Waals surface area contributed by atoms with Crippen LogP contribution in [0.1, 0.15) is 33.9 Å². The van der Waals surface area contributed by atoms with Gasteiger partial charge in [-0.1, -0.05) is 61.2 Å². The summed E-state index contributed by atoms with van der Waals surface area (Å²) in [4.78, 5) is 25.3. The number of hydrogen-bond acceptors (Lipinski definition) is 4. The summed E-state index contributed by atoms with van der Waals surface area (Å²) in [5.41, 5.74) is 4.64. The SMILES string of the molecule is C=CCOc1c(Br)cc(/C=N\NC(=O)C[C@H](NC(=O)c2ccccc2)c2ccccc2)cc1Br. The van der Waals surface area contributed by atoms with Gasteiger partial charge in [-0.15, -0.1) is 0 Å². The lowest BCUT2D eigenvalue weighted by Gasteiger charge is -2.18. The summed E-state index contributed by atoms with van der Waals surface area (Å²) >= 11 is 6.94. The van der Waals surface area contributed by atoms with E-state index in [1.807, 2.05) is 48.5 Å². The van der Waals surface area contributed by atoms with Crippen molar-refractivity contribution >= 4 is 49.9 Å². The first-order valence-electron chi connectivity index (χ1n) is 10.4. The van der Waals surface area contributed by atoms with Gasteiger partial charge in [-0.3, -0.25) is 9.59 Å². The number of amides is 2. The van der Waals surface area contributed by atoms with E-state index >= 15 is 0 Å². The van der Waals surface area contributed by atoms with E-state index in [2.05, 4.69) is 54.3 Å². The zero-order chi connectivity index (χ0) is 24.3. The number of hydrazone groups is 1. The topological polar surface area (TPSA) is 79.8 Å². The summed E-state index contributed by atoms with van der Waals surface area (Å²) < 4.78 is 7.08. The first kappa shape index (κ1) is 25.4. The van der Waals surface area contributed by atoms with Crippen LogP contribution in [0.3, 0.4) is 0 Å². The van der Waals surface area contributed by atoms with E-state index in [-0.39, 0.29) is 18.2 Å². The number of carbonyl (C=O) groups is 2. The largest absolute Gasteiger partial charge is 0.487 e. The molecule has 3 rings (SSSR count). The minimum absolute atomic E-state index is 0.0294. The van der Waals surface area contributed by atoms with Crippen LogP contribution in [-0.4, -0.2) is 24.6 Å². The number of halogens is 2. The molecule has 0 unspecified atom stereocenters. The van der Waals surface area contributed by atoms with Crippen LogP contribution in [0.25, 0.3) is 0 Å². The third-order valence-electron chi connectivity index (χ3n) is 4.70. The Morgan fingerprint density at radius 3 is 2.24 bits per heavy atom. The summed E-state index contributed by atoms with van der Waals surface area (Å²) in [7, 11) is 0. The molecule has 174 valence electrons. The van der Waals surface area contributed by atoms with Gasteiger partial charge >= 0.3 is 0 Å². The molecule has 0 heterocycles. The van der Waals surface area contributed by atoms with E-state index in [1.54, 1.807) is 30.3 Å². The zero-order valence-corrected chi connectivity index (χ0v) is 21.4. The molecule has 0 fully saturated rings. The van der Waals surface area contributed by atoms with Gasteiger partial charge in [-0.05, 0) is 67.3 Å². The quantitative estimate of drug-likeness (QED) is 0.180. The van der Waals surface area contributed by atoms with E-state index in [4.69, 9.17) is 4.74 Å². The molecule has 3 aromatic carbocycles. The van der Waals surface area contributed by atoms with Gasteiger partial charge in [0, 0.05) is 5.56 Å². The van der Waals surface area contributed by atoms with Crippen molar-refractivity contribution in [2.45, 2.75) is 12.5 Å². The number of nitrogens with zero attached hydrogens (tertiary/aromatic N) is 1. The minimum Gasteiger partial charge on any atom is -0.487 e. The molecule has 0 spiro atoms. The molecule has 0 bridgehead atoms. The number of hydrogen-bond donors (Lipinski definition) is 2. The standard InChI is InChI=1S/C26H23Br2N3O3/c1-2-13-34-25-21(27)14-18(15-22(25)28)17-29-31-24(32)16-23(19-9-5-3-6-10-19)30-26(33)20-11-7-4-8-12-20/h2-12,14-15,17,23H,1,13,16H2,(H,30,33)(H,31,32)/b29-17-/t23-/m0/s1. The van der Waals surface area contributed by atoms with Crippen LogP contribution in [0.2, 0.25) is 0 Å². The van der Waals surface area contributed by atoms with Crippen LogP contribution in [0.4, 0.5) is 0 Å². The van der Waals surface area contributed by atoms with Gasteiger partial charge in [0.1, 0.15) is 12.4 Å². The van der Waals surface area contributed by atoms with Crippen molar-refractivity contribution in [3.63, 3.8) is 0 Å². The van der Waals surface area contributed by atoms with Gasteiger partial charge in [-0.2, -0.15) is 5.10 Å². The average molecular weight is 585 g/mol. The molecule has 3 aromatic rings. The Bertz CT molecular complexity index is 1150. The minimum atomic E-state index is -0.506. The normalized spacial score (nSPS) is 11.6. The number of carbonyl (C=O) groups excluding carboxylic acids is 2. The fraction of sp³-hybridized carbons (Fsp3) is 0.115. The second kappa shape index (κ2) is 12.9. The molecule has 2 N–H and O–H groups in total. The van der Waals surface area contributed by atoms with Crippen LogP contribution in [-0.2, 0) is 4.79 Å². The summed E-state index contributed by atoms with van der Waals surface area (Å²) in [5.74, 6) is 0.0719. The highest BCUT2D eigenvalue weighted by molar-refractivity contribution is 9.11. The number of ether oxygens (including phenoxy) is 1. The Morgan fingerprint density at radius 1 is 1.00 bits per heavy atom. The van der Waals surface area contributed by atoms with Crippen molar-refractivity contribution in [2.75, 3.05) is 6.61 Å². The molecule has 0 saturated heterocycles. The van der Waals surface area contributed by atoms with Crippen LogP contribution in [0.15, 0.2) is 99.5 Å². The van der Waals surface area contributed by atoms with Gasteiger partial charge in [0.25, 0.3) is 5.91 Å². The Hall–Kier alpha value is -3.23. The van der Waals surface area contributed by atoms with Crippen LogP contribution in [0, 0.1) is 0 Å². The maximum atomic E-state index is 12.7. The smallest absolute Gasteiger partial charge is 0.251 e. The van der Waals surface area contributed by atoms with E-state index in [9.17, 15) is 9.59 Å². The molecule has 0 aromatic heterocycles. The van der Waals surface area contributed by atoms with Gasteiger partial charge < -0.3 is 10.1 Å². The molecule has 1 atom stereocenters. The second-order valence-electron chi connectivity index (χ2n) is 7.21. The molecule has 0 aliphatic heterocycles. The van der Waals surface area contributed by atoms with Gasteiger partial charge in [-0.25, -0.2) is 5.43 Å². The zero-order valence-electron chi connectivity index (χ0n) is 18.2. The number of benzene rings is 3. The molecule has 8 heteroatoms. The first-order chi connectivity index (χ1) is 16.5. The Morgan fingerprint density at radius 2 is 1.62 bits per heavy atom. The van der Waals surface area contributed by atoms with Gasteiger partial charge in [0.15, 0.2) is 0 Å². The summed E-state index contributed by atoms with van der Waals surface area (Å²) in [6, 6.07) is 21.4. The highest BCUT2D eigenvalue weighted by Crippen LogP contribution is 2.34. The van der Waals surface area contributed by atoms with Crippen molar-refractivity contribution in [3.05, 3.63) is 111 Å². The van der Waals surface area contributed by atoms with E-state index in [1.165, 1.54) is 6.21 Å². The van der Waals surface area contributed by atoms with Crippen molar-refractivity contribution in [3.8, 4) is 5.75 Å². The summed E-state index contributed by atoms with van der Waals surface area (Å²) in [6.07, 6.45) is 3.22. The molecule has 0 radical (unpaired) electrons. The lowest BCUT2D eigenvalue weighted by Crippen LogP contribution is -2.32. The molecule has 0 aliphatic carbocycles. The van der Waals surface area contributed by atoms with Crippen LogP contribution < -0.4 is 15.5 Å². The monoisotopic (exact) mass is 583 g/mol. The molecule has 6 nitrogen and oxygen atoms in total. The molecular weight excluding hydrogens is 562 g/mol. The fourth-order valence-electron chi connectivity index (χ4n) is 3.11. The Kier molecular flexibility index (Phi) is 9.61. The average Bonchev–Trinajstić information content (AvgIpc) is 2.84. The van der Waals surface area contributed by atoms with Crippen LogP contribution >= 0.6 is 31.9 Å². The van der Waals surface area contributed by atoms with Gasteiger partial charge in [0.2, 0.25) is 5.91 Å². The van der Waals surface area contributed by atoms with E-state index < -0.39 is 6.04 Å². The summed E-state index contributed by atoms with van der Waals surface area (Å²) in [5, 5.41) is 7.01. The first-order valence-corrected chi connectivity index (χ1v) is 12.0. The molecule has 0 aliphatic rings. The fourth-order valence-corrected chi connectivity index (χ4v) is 4.56. The maximum Gasteiger partial charge on any atom is 0.251 e. The van der Waals surface area contributed by atoms with Gasteiger partial charge in [0.05, 0.1) is 27.6 Å². The lowest BCUT2D eigenvalue weighted by atomic mass is 10.0. The summed E-state index contributed by atoms with van der Waals surface area (Å²) in [6.45, 7) is 4.02. The number of nitrogens with one attached hydrogen (secondary N) is 2. The Labute approximate surface area is 215 Å². The predicted molar refractivity (Wildman–Crippen MR) is 141 cm³/mol. The lowest BCUT2D eigenvalue weighted by molar-refractivity contribution is -0.121. The molecule has 2 amide bonds. The highest BCUT2D eigenvalue weighted by Gasteiger charge is 2.19. The predicted octanol–water partition coefficient (Wildman–Crippen LogP) is 5.79. The number of rotatable bonds is 10. The maximum absolute atomic E-state index is 12.7. The Balaban J connectivity index is 1.66. The van der Waals surface area contributed by atoms with Crippen molar-refractivity contribution in [1.29, 1.82) is 0 Å². The third-order valence-corrected chi connectivity index (χ3v) is 5.88. The van der Waals surface area contributed by atoms with Crippen LogP contribution in [0.5, 0.6) is 5.75 Å². The second-order valence-corrected chi connectivity index (χ2v) is 8.92. The molecule has 0 saturated carbocycles. The van der Waals surface area contributed by atoms with Crippen molar-refractivity contribution in [1.82, 2.24) is 10.7 Å². The highest BCUT2D eigenvalue weighted by atomic mass is 79.9. The molecule has 34 heavy (non-hydrogen) atoms. The van der Waals surface area contributed by atoms with Crippen molar-refractivity contribution < 1.29 is 14.3 Å². The van der Waals surface area contributed by atoms with Crippen molar-refractivity contribution in [2.24, 2.45) is 5.10 Å².